The quantitative estimate of drug-likeness (QED) is 0.627. The number of aromatic amines is 1. The molecule has 0 fully saturated rings. The number of nitrogens with one attached hydrogen (secondary N) is 1. The van der Waals surface area contributed by atoms with Crippen LogP contribution in [0.1, 0.15) is 34.8 Å². The number of halogens is 1. The number of nitrogens with zero attached hydrogens (tertiary/aromatic N) is 2. The minimum absolute atomic E-state index is 0.0699. The number of imidazole rings is 1. The zero-order valence-electron chi connectivity index (χ0n) is 14.3. The van der Waals surface area contributed by atoms with Crippen LogP contribution in [0.15, 0.2) is 39.8 Å². The highest BCUT2D eigenvalue weighted by atomic mass is 79.9. The van der Waals surface area contributed by atoms with Gasteiger partial charge in [0.1, 0.15) is 5.82 Å². The number of H-pyrrole nitrogens is 1. The average molecular weight is 438 g/mol. The summed E-state index contributed by atoms with van der Waals surface area (Å²) < 4.78 is 29.7. The van der Waals surface area contributed by atoms with Crippen molar-refractivity contribution < 1.29 is 17.9 Å². The molecule has 0 aliphatic carbocycles. The van der Waals surface area contributed by atoms with E-state index in [0.717, 1.165) is 10.7 Å². The number of aryl methyl sites for hydroxylation is 1. The van der Waals surface area contributed by atoms with Gasteiger partial charge in [-0.25, -0.2) is 23.2 Å². The molecule has 9 heteroatoms. The first-order valence-electron chi connectivity index (χ1n) is 7.68. The first-order valence-corrected chi connectivity index (χ1v) is 10.4. The highest BCUT2D eigenvalue weighted by Gasteiger charge is 2.20. The number of fused-ring (bicyclic) bond motifs is 1. The van der Waals surface area contributed by atoms with Crippen molar-refractivity contribution in [3.05, 3.63) is 51.9 Å². The van der Waals surface area contributed by atoms with Gasteiger partial charge in [-0.05, 0) is 53.5 Å². The Hall–Kier alpha value is -2.26. The smallest absolute Gasteiger partial charge is 0.339 e. The second-order valence-corrected chi connectivity index (χ2v) is 8.87. The summed E-state index contributed by atoms with van der Waals surface area (Å²) in [5, 5.41) is 0. The van der Waals surface area contributed by atoms with Crippen molar-refractivity contribution in [3.8, 4) is 0 Å². The van der Waals surface area contributed by atoms with E-state index in [-0.39, 0.29) is 10.5 Å². The fourth-order valence-corrected chi connectivity index (χ4v) is 3.40. The summed E-state index contributed by atoms with van der Waals surface area (Å²) >= 11 is 3.34. The molecule has 1 unspecified atom stereocenters. The molecule has 1 aromatic carbocycles. The number of ether oxygens (including phenoxy) is 1. The number of esters is 1. The minimum atomic E-state index is -3.42. The van der Waals surface area contributed by atoms with Gasteiger partial charge in [0.15, 0.2) is 21.6 Å². The fraction of sp³-hybridized carbons (Fsp3) is 0.235. The summed E-state index contributed by atoms with van der Waals surface area (Å²) in [5.41, 5.74) is 2.07. The number of rotatable bonds is 4. The maximum atomic E-state index is 12.5. The zero-order valence-corrected chi connectivity index (χ0v) is 16.7. The lowest BCUT2D eigenvalue weighted by atomic mass is 10.1. The Balaban J connectivity index is 1.87. The van der Waals surface area contributed by atoms with Gasteiger partial charge in [0.2, 0.25) is 0 Å². The monoisotopic (exact) mass is 437 g/mol. The third-order valence-corrected chi connectivity index (χ3v) is 5.39. The Bertz CT molecular complexity index is 1110. The van der Waals surface area contributed by atoms with E-state index < -0.39 is 21.9 Å². The second-order valence-electron chi connectivity index (χ2n) is 5.94. The molecular weight excluding hydrogens is 422 g/mol. The molecule has 7 nitrogen and oxygen atoms in total. The van der Waals surface area contributed by atoms with Crippen LogP contribution < -0.4 is 0 Å². The summed E-state index contributed by atoms with van der Waals surface area (Å²) in [6.07, 6.45) is 2.07. The predicted octanol–water partition coefficient (Wildman–Crippen LogP) is 3.35. The second kappa shape index (κ2) is 6.81. The molecule has 0 saturated heterocycles. The van der Waals surface area contributed by atoms with Crippen molar-refractivity contribution in [2.24, 2.45) is 0 Å². The molecule has 3 rings (SSSR count). The Kier molecular flexibility index (Phi) is 4.85. The molecular formula is C17H16BrN3O4S. The normalized spacial score (nSPS) is 12.9. The first kappa shape index (κ1) is 18.5. The van der Waals surface area contributed by atoms with E-state index in [1.165, 1.54) is 12.1 Å². The molecule has 0 amide bonds. The predicted molar refractivity (Wildman–Crippen MR) is 99.7 cm³/mol. The van der Waals surface area contributed by atoms with Gasteiger partial charge in [0, 0.05) is 16.9 Å². The van der Waals surface area contributed by atoms with Crippen molar-refractivity contribution in [2.45, 2.75) is 24.8 Å². The maximum Gasteiger partial charge on any atom is 0.339 e. The fourth-order valence-electron chi connectivity index (χ4n) is 2.42. The van der Waals surface area contributed by atoms with Crippen LogP contribution in [0.4, 0.5) is 0 Å². The minimum Gasteiger partial charge on any atom is -0.451 e. The van der Waals surface area contributed by atoms with Crippen LogP contribution in [0.3, 0.4) is 0 Å². The third kappa shape index (κ3) is 3.78. The van der Waals surface area contributed by atoms with E-state index in [1.54, 1.807) is 26.1 Å². The molecule has 0 spiro atoms. The number of hydrogen-bond acceptors (Lipinski definition) is 6. The van der Waals surface area contributed by atoms with E-state index in [1.807, 2.05) is 6.07 Å². The number of pyridine rings is 1. The van der Waals surface area contributed by atoms with Crippen molar-refractivity contribution >= 4 is 42.9 Å². The summed E-state index contributed by atoms with van der Waals surface area (Å²) in [7, 11) is -3.42. The number of hydrogen-bond donors (Lipinski definition) is 1. The van der Waals surface area contributed by atoms with Crippen LogP contribution in [0.2, 0.25) is 0 Å². The Morgan fingerprint density at radius 2 is 2.04 bits per heavy atom. The average Bonchev–Trinajstić information content (AvgIpc) is 2.97. The topological polar surface area (TPSA) is 102 Å². The standard InChI is InChI=1S/C17H16BrN3O4S/c1-9-4-5-12(26(3,23)24)7-13(9)17(22)25-10(2)15-20-14-6-11(18)8-19-16(14)21-15/h4-8,10H,1-3H3,(H,19,20,21). The number of sulfone groups is 1. The van der Waals surface area contributed by atoms with Gasteiger partial charge in [0.05, 0.1) is 16.0 Å². The van der Waals surface area contributed by atoms with Gasteiger partial charge in [-0.1, -0.05) is 6.07 Å². The molecule has 2 heterocycles. The lowest BCUT2D eigenvalue weighted by molar-refractivity contribution is 0.0321. The van der Waals surface area contributed by atoms with Crippen LogP contribution in [-0.2, 0) is 14.6 Å². The molecule has 0 aliphatic heterocycles. The molecule has 0 saturated carbocycles. The van der Waals surface area contributed by atoms with Gasteiger partial charge < -0.3 is 9.72 Å². The molecule has 0 aliphatic rings. The van der Waals surface area contributed by atoms with Crippen LogP contribution in [0.25, 0.3) is 11.2 Å². The van der Waals surface area contributed by atoms with Crippen molar-refractivity contribution in [1.29, 1.82) is 0 Å². The van der Waals surface area contributed by atoms with Gasteiger partial charge in [0.25, 0.3) is 0 Å². The molecule has 2 aromatic heterocycles. The Morgan fingerprint density at radius 1 is 1.31 bits per heavy atom. The molecule has 3 aromatic rings. The number of carbonyl (C=O) groups is 1. The zero-order chi connectivity index (χ0) is 19.1. The maximum absolute atomic E-state index is 12.5. The first-order chi connectivity index (χ1) is 12.1. The third-order valence-electron chi connectivity index (χ3n) is 3.85. The molecule has 1 N–H and O–H groups in total. The van der Waals surface area contributed by atoms with E-state index in [4.69, 9.17) is 4.74 Å². The van der Waals surface area contributed by atoms with E-state index >= 15 is 0 Å². The Labute approximate surface area is 158 Å². The number of benzene rings is 1. The molecule has 0 radical (unpaired) electrons. The molecule has 136 valence electrons. The SMILES string of the molecule is Cc1ccc(S(C)(=O)=O)cc1C(=O)OC(C)c1nc2ncc(Br)cc2[nH]1. The summed E-state index contributed by atoms with van der Waals surface area (Å²) in [5.74, 6) is -0.161. The lowest BCUT2D eigenvalue weighted by Gasteiger charge is -2.13. The van der Waals surface area contributed by atoms with E-state index in [0.29, 0.717) is 22.6 Å². The highest BCUT2D eigenvalue weighted by Crippen LogP contribution is 2.23. The van der Waals surface area contributed by atoms with Crippen molar-refractivity contribution in [2.75, 3.05) is 6.26 Å². The largest absolute Gasteiger partial charge is 0.451 e. The van der Waals surface area contributed by atoms with Crippen LogP contribution >= 0.6 is 15.9 Å². The van der Waals surface area contributed by atoms with Crippen molar-refractivity contribution in [1.82, 2.24) is 15.0 Å². The Morgan fingerprint density at radius 3 is 2.73 bits per heavy atom. The van der Waals surface area contributed by atoms with Gasteiger partial charge in [-0.3, -0.25) is 0 Å². The van der Waals surface area contributed by atoms with Gasteiger partial charge >= 0.3 is 5.97 Å². The van der Waals surface area contributed by atoms with Crippen LogP contribution in [0.5, 0.6) is 0 Å². The van der Waals surface area contributed by atoms with E-state index in [2.05, 4.69) is 30.9 Å². The summed E-state index contributed by atoms with van der Waals surface area (Å²) in [4.78, 5) is 24.1. The number of aromatic nitrogens is 3. The summed E-state index contributed by atoms with van der Waals surface area (Å²) in [6, 6.07) is 6.21. The molecule has 1 atom stereocenters. The van der Waals surface area contributed by atoms with Crippen LogP contribution in [-0.4, -0.2) is 35.6 Å². The van der Waals surface area contributed by atoms with Crippen LogP contribution in [0, 0.1) is 6.92 Å². The molecule has 26 heavy (non-hydrogen) atoms. The lowest BCUT2D eigenvalue weighted by Crippen LogP contribution is -2.12. The van der Waals surface area contributed by atoms with E-state index in [9.17, 15) is 13.2 Å². The molecule has 0 bridgehead atoms. The highest BCUT2D eigenvalue weighted by molar-refractivity contribution is 9.10. The van der Waals surface area contributed by atoms with Crippen molar-refractivity contribution in [3.63, 3.8) is 0 Å². The van der Waals surface area contributed by atoms with Gasteiger partial charge in [-0.15, -0.1) is 0 Å². The number of carbonyl (C=O) groups excluding carboxylic acids is 1. The summed E-state index contributed by atoms with van der Waals surface area (Å²) in [6.45, 7) is 3.40. The van der Waals surface area contributed by atoms with Gasteiger partial charge in [-0.2, -0.15) is 0 Å².